The van der Waals surface area contributed by atoms with Crippen LogP contribution < -0.4 is 10.5 Å². The van der Waals surface area contributed by atoms with Crippen molar-refractivity contribution in [1.29, 1.82) is 0 Å². The lowest BCUT2D eigenvalue weighted by Gasteiger charge is -2.40. The predicted octanol–water partition coefficient (Wildman–Crippen LogP) is 4.25. The van der Waals surface area contributed by atoms with E-state index in [-0.39, 0.29) is 53.0 Å². The number of hydrogen-bond acceptors (Lipinski definition) is 9. The van der Waals surface area contributed by atoms with Gasteiger partial charge in [0.15, 0.2) is 5.78 Å². The number of anilines is 1. The lowest BCUT2D eigenvalue weighted by Crippen LogP contribution is -2.36. The highest BCUT2D eigenvalue weighted by atomic mass is 32.5. The molecule has 0 aliphatic heterocycles. The molecule has 2 aromatic carbocycles. The minimum Gasteiger partial charge on any atom is -0.390 e. The Labute approximate surface area is 251 Å². The standard InChI is InChI=1S/C26H25F6N5O6S2/c27-16-3-6-22-18(8-16)20(11-37(22)10-14-1-4-17(5-2-14)45(28,29,30,31)32)24(39)19-9-34-13-35-26(19)36-21-7-15(23(38)25(21)40)12-43-44(33,41)42/h1-6,8-9,11,13,15,21,23,25,38,40H,7,10,12H2,(H2,33,41,42)(H,34,35,36)/t15-,21-,23-,25+/m1/s1. The van der Waals surface area contributed by atoms with Crippen molar-refractivity contribution in [1.82, 2.24) is 14.5 Å². The molecule has 0 spiro atoms. The summed E-state index contributed by atoms with van der Waals surface area (Å²) in [6.07, 6.45) is 0.704. The van der Waals surface area contributed by atoms with Crippen molar-refractivity contribution in [2.75, 3.05) is 11.9 Å². The Morgan fingerprint density at radius 1 is 1.07 bits per heavy atom. The number of carbonyl (C=O) groups is 1. The summed E-state index contributed by atoms with van der Waals surface area (Å²) in [6.45, 7) is -0.681. The van der Waals surface area contributed by atoms with Gasteiger partial charge in [0.25, 0.3) is 0 Å². The largest absolute Gasteiger partial charge is 0.390 e. The van der Waals surface area contributed by atoms with E-state index >= 15 is 0 Å². The summed E-state index contributed by atoms with van der Waals surface area (Å²) in [5.41, 5.74) is 0.292. The smallest absolute Gasteiger partial charge is 0.333 e. The van der Waals surface area contributed by atoms with Crippen molar-refractivity contribution in [2.24, 2.45) is 11.1 Å². The van der Waals surface area contributed by atoms with Gasteiger partial charge in [0.1, 0.15) is 29.0 Å². The Hall–Kier alpha value is -3.75. The Balaban J connectivity index is 1.44. The van der Waals surface area contributed by atoms with Crippen LogP contribution in [0.5, 0.6) is 0 Å². The second-order valence-electron chi connectivity index (χ2n) is 10.6. The maximum atomic E-state index is 14.3. The van der Waals surface area contributed by atoms with Crippen LogP contribution in [-0.2, 0) is 21.0 Å². The second kappa shape index (κ2) is 10.7. The summed E-state index contributed by atoms with van der Waals surface area (Å²) in [5.74, 6) is -2.35. The van der Waals surface area contributed by atoms with Crippen molar-refractivity contribution < 1.29 is 51.4 Å². The van der Waals surface area contributed by atoms with Gasteiger partial charge in [-0.15, -0.1) is 0 Å². The zero-order valence-electron chi connectivity index (χ0n) is 22.7. The van der Waals surface area contributed by atoms with Crippen LogP contribution in [0.2, 0.25) is 0 Å². The Bertz CT molecular complexity index is 1890. The normalized spacial score (nSPS) is 22.2. The highest BCUT2D eigenvalue weighted by Crippen LogP contribution is 3.02. The van der Waals surface area contributed by atoms with Crippen molar-refractivity contribution in [2.45, 2.75) is 36.1 Å². The first kappa shape index (κ1) is 32.6. The topological polar surface area (TPSA) is 170 Å². The number of nitrogens with one attached hydrogen (secondary N) is 1. The molecule has 0 radical (unpaired) electrons. The van der Waals surface area contributed by atoms with Gasteiger partial charge in [-0.2, -0.15) is 8.42 Å². The fourth-order valence-electron chi connectivity index (χ4n) is 5.18. The summed E-state index contributed by atoms with van der Waals surface area (Å²) in [7, 11) is -14.2. The van der Waals surface area contributed by atoms with E-state index in [2.05, 4.69) is 19.5 Å². The SMILES string of the molecule is NS(=O)(=O)OC[C@H]1C[C@@H](Nc2ncncc2C(=O)c2cn(Cc3ccc(S(F)(F)(F)(F)F)cc3)c3ccc(F)cc23)[C@H](O)[C@@H]1O. The van der Waals surface area contributed by atoms with Crippen LogP contribution in [0.4, 0.5) is 29.6 Å². The maximum absolute atomic E-state index is 14.3. The molecule has 1 aliphatic rings. The molecule has 1 aliphatic carbocycles. The van der Waals surface area contributed by atoms with Gasteiger partial charge in [-0.1, -0.05) is 31.6 Å². The van der Waals surface area contributed by atoms with E-state index in [0.717, 1.165) is 36.8 Å². The molecular formula is C26H25F6N5O6S2. The van der Waals surface area contributed by atoms with E-state index < -0.39 is 67.8 Å². The molecule has 0 saturated heterocycles. The Morgan fingerprint density at radius 3 is 2.40 bits per heavy atom. The molecule has 0 bridgehead atoms. The first-order valence-electron chi connectivity index (χ1n) is 13.0. The van der Waals surface area contributed by atoms with Crippen LogP contribution in [0.1, 0.15) is 27.9 Å². The molecule has 45 heavy (non-hydrogen) atoms. The number of halogens is 6. The van der Waals surface area contributed by atoms with E-state index in [0.29, 0.717) is 5.52 Å². The molecular weight excluding hydrogens is 656 g/mol. The van der Waals surface area contributed by atoms with Crippen LogP contribution in [-0.4, -0.2) is 63.8 Å². The highest BCUT2D eigenvalue weighted by Gasteiger charge is 2.65. The summed E-state index contributed by atoms with van der Waals surface area (Å²) >= 11 is 0. The molecule has 0 unspecified atom stereocenters. The molecule has 4 aromatic rings. The van der Waals surface area contributed by atoms with Crippen LogP contribution >= 0.6 is 10.2 Å². The molecule has 2 aromatic heterocycles. The average Bonchev–Trinajstić information content (AvgIpc) is 3.42. The zero-order chi connectivity index (χ0) is 33.0. The third-order valence-electron chi connectivity index (χ3n) is 7.34. The number of hydrogen-bond donors (Lipinski definition) is 4. The number of nitrogens with two attached hydrogens (primary N) is 1. The number of aromatic nitrogens is 3. The lowest BCUT2D eigenvalue weighted by atomic mass is 10.0. The van der Waals surface area contributed by atoms with Gasteiger partial charge in [0.2, 0.25) is 0 Å². The molecule has 2 heterocycles. The zero-order valence-corrected chi connectivity index (χ0v) is 24.4. The van der Waals surface area contributed by atoms with Gasteiger partial charge in [0, 0.05) is 41.3 Å². The van der Waals surface area contributed by atoms with E-state index in [1.165, 1.54) is 16.8 Å². The number of aliphatic hydroxyl groups excluding tert-OH is 2. The fraction of sp³-hybridized carbons (Fsp3) is 0.269. The summed E-state index contributed by atoms with van der Waals surface area (Å²) in [4.78, 5) is 19.7. The number of benzene rings is 2. The molecule has 5 N–H and O–H groups in total. The van der Waals surface area contributed by atoms with Gasteiger partial charge in [0.05, 0.1) is 24.3 Å². The first-order chi connectivity index (χ1) is 20.7. The lowest BCUT2D eigenvalue weighted by molar-refractivity contribution is 0.00778. The quantitative estimate of drug-likeness (QED) is 0.141. The number of fused-ring (bicyclic) bond motifs is 1. The van der Waals surface area contributed by atoms with E-state index in [1.54, 1.807) is 0 Å². The fourth-order valence-corrected chi connectivity index (χ4v) is 6.19. The van der Waals surface area contributed by atoms with Crippen LogP contribution in [0.3, 0.4) is 0 Å². The van der Waals surface area contributed by atoms with E-state index in [9.17, 15) is 47.2 Å². The van der Waals surface area contributed by atoms with Crippen molar-refractivity contribution >= 4 is 43.0 Å². The van der Waals surface area contributed by atoms with Gasteiger partial charge >= 0.3 is 20.5 Å². The van der Waals surface area contributed by atoms with Crippen LogP contribution in [0, 0.1) is 11.7 Å². The molecule has 11 nitrogen and oxygen atoms in total. The Kier molecular flexibility index (Phi) is 7.74. The van der Waals surface area contributed by atoms with Crippen molar-refractivity contribution in [3.63, 3.8) is 0 Å². The summed E-state index contributed by atoms with van der Waals surface area (Å²) in [5, 5.41) is 28.7. The third kappa shape index (κ3) is 7.23. The number of ketones is 1. The number of rotatable bonds is 10. The van der Waals surface area contributed by atoms with Crippen molar-refractivity contribution in [3.05, 3.63) is 83.7 Å². The van der Waals surface area contributed by atoms with Crippen LogP contribution in [0.15, 0.2) is 66.1 Å². The number of aliphatic hydroxyl groups is 2. The molecule has 1 saturated carbocycles. The number of nitrogens with zero attached hydrogens (tertiary/aromatic N) is 3. The molecule has 1 fully saturated rings. The molecule has 0 amide bonds. The minimum atomic E-state index is -9.88. The first-order valence-corrected chi connectivity index (χ1v) is 16.4. The second-order valence-corrected chi connectivity index (χ2v) is 14.2. The highest BCUT2D eigenvalue weighted by molar-refractivity contribution is 8.45. The average molecular weight is 682 g/mol. The monoisotopic (exact) mass is 681 g/mol. The molecule has 5 rings (SSSR count). The van der Waals surface area contributed by atoms with Gasteiger partial charge in [-0.3, -0.25) is 8.98 Å². The predicted molar refractivity (Wildman–Crippen MR) is 151 cm³/mol. The molecule has 244 valence electrons. The third-order valence-corrected chi connectivity index (χ3v) is 8.96. The van der Waals surface area contributed by atoms with Crippen molar-refractivity contribution in [3.8, 4) is 0 Å². The Morgan fingerprint density at radius 2 is 1.76 bits per heavy atom. The van der Waals surface area contributed by atoms with Gasteiger partial charge in [-0.05, 0) is 42.3 Å². The summed E-state index contributed by atoms with van der Waals surface area (Å²) < 4.78 is 108. The van der Waals surface area contributed by atoms with Gasteiger partial charge < -0.3 is 20.1 Å². The van der Waals surface area contributed by atoms with E-state index in [1.807, 2.05) is 0 Å². The molecule has 4 atom stereocenters. The van der Waals surface area contributed by atoms with Gasteiger partial charge in [-0.25, -0.2) is 19.5 Å². The summed E-state index contributed by atoms with van der Waals surface area (Å²) in [6, 6.07) is 4.88. The van der Waals surface area contributed by atoms with E-state index in [4.69, 9.17) is 5.14 Å². The van der Waals surface area contributed by atoms with Crippen LogP contribution in [0.25, 0.3) is 10.9 Å². The number of carbonyl (C=O) groups excluding carboxylic acids is 1. The molecule has 19 heteroatoms. The maximum Gasteiger partial charge on any atom is 0.333 e. The minimum absolute atomic E-state index is 0.0131.